The average molecular weight is 558 g/mol. The maximum Gasteiger partial charge on any atom is 0.264 e. The number of halogens is 3. The highest BCUT2D eigenvalue weighted by Crippen LogP contribution is 2.35. The van der Waals surface area contributed by atoms with Crippen LogP contribution in [0.4, 0.5) is 5.69 Å². The Labute approximate surface area is 217 Å². The molecular formula is C22H19Cl3N4O3S2. The zero-order valence-electron chi connectivity index (χ0n) is 17.7. The first-order valence-electron chi connectivity index (χ1n) is 10.0. The molecule has 1 amide bonds. The maximum atomic E-state index is 13.2. The molecule has 12 heteroatoms. The Kier molecular flexibility index (Phi) is 7.39. The third-order valence-electron chi connectivity index (χ3n) is 5.16. The molecule has 0 fully saturated rings. The predicted octanol–water partition coefficient (Wildman–Crippen LogP) is 5.64. The zero-order chi connectivity index (χ0) is 24.5. The molecule has 178 valence electrons. The molecule has 2 aromatic carbocycles. The van der Waals surface area contributed by atoms with Crippen LogP contribution in [-0.4, -0.2) is 25.2 Å². The number of rotatable bonds is 7. The van der Waals surface area contributed by atoms with Crippen LogP contribution in [0.1, 0.15) is 28.8 Å². The predicted molar refractivity (Wildman–Crippen MR) is 139 cm³/mol. The summed E-state index contributed by atoms with van der Waals surface area (Å²) in [4.78, 5) is 13.1. The van der Waals surface area contributed by atoms with Crippen molar-refractivity contribution >= 4 is 68.6 Å². The number of sulfonamides is 1. The van der Waals surface area contributed by atoms with Gasteiger partial charge >= 0.3 is 0 Å². The second kappa shape index (κ2) is 10.1. The molecule has 0 bridgehead atoms. The van der Waals surface area contributed by atoms with E-state index in [2.05, 4.69) is 14.8 Å². The van der Waals surface area contributed by atoms with E-state index >= 15 is 0 Å². The summed E-state index contributed by atoms with van der Waals surface area (Å²) in [6.45, 7) is 2.20. The van der Waals surface area contributed by atoms with Gasteiger partial charge in [-0.2, -0.15) is 0 Å². The van der Waals surface area contributed by atoms with Gasteiger partial charge in [0.25, 0.3) is 15.9 Å². The van der Waals surface area contributed by atoms with Crippen LogP contribution in [-0.2, 0) is 10.0 Å². The molecule has 0 spiro atoms. The second-order valence-electron chi connectivity index (χ2n) is 7.49. The van der Waals surface area contributed by atoms with Crippen molar-refractivity contribution in [3.05, 3.63) is 97.7 Å². The number of carbonyl (C=O) groups is 1. The number of amides is 1. The Balaban J connectivity index is 1.53. The van der Waals surface area contributed by atoms with Gasteiger partial charge in [0.05, 0.1) is 44.1 Å². The second-order valence-corrected chi connectivity index (χ2v) is 11.2. The number of allylic oxidation sites excluding steroid dienone is 2. The molecule has 2 aliphatic rings. The van der Waals surface area contributed by atoms with Crippen LogP contribution in [0.15, 0.2) is 71.6 Å². The molecule has 2 aromatic rings. The van der Waals surface area contributed by atoms with Gasteiger partial charge in [0.2, 0.25) is 0 Å². The normalized spacial score (nSPS) is 15.7. The quantitative estimate of drug-likeness (QED) is 0.382. The van der Waals surface area contributed by atoms with Gasteiger partial charge in [0.1, 0.15) is 4.91 Å². The Morgan fingerprint density at radius 2 is 1.94 bits per heavy atom. The average Bonchev–Trinajstić information content (AvgIpc) is 3.28. The summed E-state index contributed by atoms with van der Waals surface area (Å²) in [5, 5.41) is 3.82. The first-order chi connectivity index (χ1) is 16.2. The molecule has 3 N–H and O–H groups in total. The lowest BCUT2D eigenvalue weighted by molar-refractivity contribution is 0.0952. The number of carbonyl (C=O) groups excluding carboxylic acids is 1. The number of hydrogen-bond donors (Lipinski definition) is 3. The molecule has 4 rings (SSSR count). The van der Waals surface area contributed by atoms with Crippen molar-refractivity contribution in [1.29, 1.82) is 0 Å². The Hall–Kier alpha value is -2.30. The summed E-state index contributed by atoms with van der Waals surface area (Å²) >= 11 is 19.6. The molecule has 7 nitrogen and oxygen atoms in total. The number of nitrogens with one attached hydrogen (secondary N) is 3. The molecule has 0 saturated heterocycles. The van der Waals surface area contributed by atoms with Crippen LogP contribution >= 0.6 is 46.9 Å². The topological polar surface area (TPSA) is 90.5 Å². The molecule has 0 aliphatic carbocycles. The standard InChI is InChI=1S/C22H19Cl3N4O3S2/c1-13(14-7-8-15(23)17(25)10-14)11-26-22(30)21-16(24)4-2-5-18(21)28-34(31,32)20-6-3-9-29-19(20)12-27-33-29/h2-10,12-13,27-28H,11H2,1H3,(H,26,30). The monoisotopic (exact) mass is 556 g/mol. The summed E-state index contributed by atoms with van der Waals surface area (Å²) in [5.41, 5.74) is 1.48. The van der Waals surface area contributed by atoms with Crippen molar-refractivity contribution in [2.45, 2.75) is 12.8 Å². The summed E-state index contributed by atoms with van der Waals surface area (Å²) < 4.78 is 33.5. The van der Waals surface area contributed by atoms with E-state index in [1.54, 1.807) is 41.0 Å². The molecule has 1 atom stereocenters. The van der Waals surface area contributed by atoms with E-state index in [0.717, 1.165) is 5.56 Å². The fraction of sp³-hybridized carbons (Fsp3) is 0.136. The molecule has 0 aromatic heterocycles. The number of fused-ring (bicyclic) bond motifs is 1. The number of anilines is 1. The smallest absolute Gasteiger partial charge is 0.264 e. The lowest BCUT2D eigenvalue weighted by atomic mass is 10.0. The van der Waals surface area contributed by atoms with E-state index in [-0.39, 0.29) is 33.6 Å². The van der Waals surface area contributed by atoms with Gasteiger partial charge in [-0.15, -0.1) is 0 Å². The van der Waals surface area contributed by atoms with E-state index in [1.807, 2.05) is 13.0 Å². The van der Waals surface area contributed by atoms with Crippen LogP contribution in [0.2, 0.25) is 15.1 Å². The summed E-state index contributed by atoms with van der Waals surface area (Å²) in [5.74, 6) is -0.586. The number of hydrogen-bond acceptors (Lipinski definition) is 6. The first-order valence-corrected chi connectivity index (χ1v) is 13.4. The largest absolute Gasteiger partial charge is 0.351 e. The Morgan fingerprint density at radius 3 is 2.71 bits per heavy atom. The number of nitrogens with zero attached hydrogens (tertiary/aromatic N) is 1. The SMILES string of the molecule is CC(CNC(=O)c1c(Cl)cccc1NS(=O)(=O)C1=CC=CN2SNC=C12)c1ccc(Cl)c(Cl)c1. The molecule has 0 radical (unpaired) electrons. The van der Waals surface area contributed by atoms with Crippen LogP contribution in [0.5, 0.6) is 0 Å². The lowest BCUT2D eigenvalue weighted by Gasteiger charge is -2.21. The van der Waals surface area contributed by atoms with Gasteiger partial charge in [0.15, 0.2) is 0 Å². The summed E-state index contributed by atoms with van der Waals surface area (Å²) in [7, 11) is -4.02. The van der Waals surface area contributed by atoms with E-state index in [4.69, 9.17) is 34.8 Å². The third-order valence-corrected chi connectivity index (χ3v) is 8.37. The van der Waals surface area contributed by atoms with Gasteiger partial charge in [-0.05, 0) is 47.9 Å². The van der Waals surface area contributed by atoms with E-state index in [1.165, 1.54) is 30.3 Å². The van der Waals surface area contributed by atoms with E-state index in [9.17, 15) is 13.2 Å². The van der Waals surface area contributed by atoms with E-state index in [0.29, 0.717) is 15.7 Å². The third kappa shape index (κ3) is 5.18. The van der Waals surface area contributed by atoms with Crippen molar-refractivity contribution < 1.29 is 13.2 Å². The molecule has 1 unspecified atom stereocenters. The minimum Gasteiger partial charge on any atom is -0.351 e. The van der Waals surface area contributed by atoms with Crippen LogP contribution < -0.4 is 14.8 Å². The molecule has 0 saturated carbocycles. The van der Waals surface area contributed by atoms with Crippen LogP contribution in [0, 0.1) is 0 Å². The molecule has 2 aliphatic heterocycles. The van der Waals surface area contributed by atoms with Gasteiger partial charge in [-0.1, -0.05) is 53.9 Å². The summed E-state index contributed by atoms with van der Waals surface area (Å²) in [6, 6.07) is 9.87. The van der Waals surface area contributed by atoms with Gasteiger partial charge in [-0.3, -0.25) is 13.8 Å². The van der Waals surface area contributed by atoms with Gasteiger partial charge in [-0.25, -0.2) is 8.42 Å². The highest BCUT2D eigenvalue weighted by atomic mass is 35.5. The molecule has 2 heterocycles. The van der Waals surface area contributed by atoms with Crippen LogP contribution in [0.25, 0.3) is 0 Å². The van der Waals surface area contributed by atoms with Crippen LogP contribution in [0.3, 0.4) is 0 Å². The fourth-order valence-corrected chi connectivity index (χ4v) is 5.92. The van der Waals surface area contributed by atoms with E-state index < -0.39 is 15.9 Å². The van der Waals surface area contributed by atoms with Crippen molar-refractivity contribution in [2.24, 2.45) is 0 Å². The molecular weight excluding hydrogens is 539 g/mol. The maximum absolute atomic E-state index is 13.2. The number of benzene rings is 2. The first kappa shape index (κ1) is 24.8. The van der Waals surface area contributed by atoms with Crippen molar-refractivity contribution in [1.82, 2.24) is 14.3 Å². The van der Waals surface area contributed by atoms with Crippen molar-refractivity contribution in [3.8, 4) is 0 Å². The molecule has 34 heavy (non-hydrogen) atoms. The Morgan fingerprint density at radius 1 is 1.15 bits per heavy atom. The van der Waals surface area contributed by atoms with Crippen molar-refractivity contribution in [3.63, 3.8) is 0 Å². The summed E-state index contributed by atoms with van der Waals surface area (Å²) in [6.07, 6.45) is 6.45. The zero-order valence-corrected chi connectivity index (χ0v) is 21.6. The highest BCUT2D eigenvalue weighted by Gasteiger charge is 2.31. The van der Waals surface area contributed by atoms with Gasteiger partial charge < -0.3 is 10.0 Å². The Bertz CT molecular complexity index is 1340. The minimum absolute atomic E-state index is 0.0331. The highest BCUT2D eigenvalue weighted by molar-refractivity contribution is 7.97. The minimum atomic E-state index is -4.02. The van der Waals surface area contributed by atoms with Gasteiger partial charge in [0, 0.05) is 18.9 Å². The fourth-order valence-electron chi connectivity index (χ4n) is 3.37. The lowest BCUT2D eigenvalue weighted by Crippen LogP contribution is -2.29. The van der Waals surface area contributed by atoms with Crippen molar-refractivity contribution in [2.75, 3.05) is 11.3 Å².